The first-order valence-corrected chi connectivity index (χ1v) is 5.52. The maximum Gasteiger partial charge on any atom is 0.322 e. The maximum atomic E-state index is 11.9. The van der Waals surface area contributed by atoms with Crippen molar-refractivity contribution < 1.29 is 14.7 Å². The molecule has 2 saturated carbocycles. The number of carbonyl (C=O) groups is 2. The van der Waals surface area contributed by atoms with Gasteiger partial charge >= 0.3 is 5.97 Å². The summed E-state index contributed by atoms with van der Waals surface area (Å²) in [6.45, 7) is 1.72. The van der Waals surface area contributed by atoms with Gasteiger partial charge in [0, 0.05) is 5.41 Å². The lowest BCUT2D eigenvalue weighted by molar-refractivity contribution is -0.140. The standard InChI is InChI=1S/C11H17NO3/c1-11(10(15)12-6-9(13)14)5-7-2-3-8(11)4-7/h7-8H,2-6H2,1H3,(H,12,15)(H,13,14). The molecule has 0 heterocycles. The van der Waals surface area contributed by atoms with Crippen molar-refractivity contribution in [1.82, 2.24) is 5.32 Å². The van der Waals surface area contributed by atoms with E-state index in [2.05, 4.69) is 5.32 Å². The fourth-order valence-electron chi connectivity index (χ4n) is 3.24. The van der Waals surface area contributed by atoms with E-state index in [1.807, 2.05) is 6.92 Å². The minimum absolute atomic E-state index is 0.0721. The third-order valence-electron chi connectivity index (χ3n) is 4.07. The van der Waals surface area contributed by atoms with Crippen LogP contribution in [-0.4, -0.2) is 23.5 Å². The van der Waals surface area contributed by atoms with Crippen LogP contribution in [0.4, 0.5) is 0 Å². The Bertz CT molecular complexity index is 302. The molecule has 4 nitrogen and oxygen atoms in total. The lowest BCUT2D eigenvalue weighted by atomic mass is 9.74. The van der Waals surface area contributed by atoms with Crippen LogP contribution < -0.4 is 5.32 Å². The average Bonchev–Trinajstić information content (AvgIpc) is 2.73. The molecule has 0 radical (unpaired) electrons. The zero-order chi connectivity index (χ0) is 11.1. The van der Waals surface area contributed by atoms with E-state index in [0.29, 0.717) is 11.8 Å². The second-order valence-electron chi connectivity index (χ2n) is 5.07. The molecule has 2 rings (SSSR count). The highest BCUT2D eigenvalue weighted by Crippen LogP contribution is 2.55. The quantitative estimate of drug-likeness (QED) is 0.732. The Morgan fingerprint density at radius 1 is 1.47 bits per heavy atom. The Hall–Kier alpha value is -1.06. The maximum absolute atomic E-state index is 11.9. The van der Waals surface area contributed by atoms with E-state index in [4.69, 9.17) is 5.11 Å². The average molecular weight is 211 g/mol. The van der Waals surface area contributed by atoms with Gasteiger partial charge in [-0.1, -0.05) is 13.3 Å². The molecule has 84 valence electrons. The van der Waals surface area contributed by atoms with E-state index >= 15 is 0 Å². The lowest BCUT2D eigenvalue weighted by Crippen LogP contribution is -2.44. The molecule has 0 aromatic rings. The second kappa shape index (κ2) is 3.51. The summed E-state index contributed by atoms with van der Waals surface area (Å²) in [5.41, 5.74) is -0.307. The van der Waals surface area contributed by atoms with E-state index in [1.165, 1.54) is 6.42 Å². The van der Waals surface area contributed by atoms with E-state index in [9.17, 15) is 9.59 Å². The number of nitrogens with one attached hydrogen (secondary N) is 1. The van der Waals surface area contributed by atoms with E-state index in [-0.39, 0.29) is 17.9 Å². The number of fused-ring (bicyclic) bond motifs is 2. The fourth-order valence-corrected chi connectivity index (χ4v) is 3.24. The zero-order valence-corrected chi connectivity index (χ0v) is 8.95. The molecule has 4 heteroatoms. The summed E-state index contributed by atoms with van der Waals surface area (Å²) in [5.74, 6) is 0.110. The van der Waals surface area contributed by atoms with E-state index in [1.54, 1.807) is 0 Å². The molecule has 15 heavy (non-hydrogen) atoms. The summed E-state index contributed by atoms with van der Waals surface area (Å²) in [6.07, 6.45) is 4.45. The van der Waals surface area contributed by atoms with E-state index in [0.717, 1.165) is 19.3 Å². The molecule has 0 aromatic carbocycles. The van der Waals surface area contributed by atoms with Crippen LogP contribution in [0.25, 0.3) is 0 Å². The van der Waals surface area contributed by atoms with Crippen LogP contribution in [0, 0.1) is 17.3 Å². The Labute approximate surface area is 89.0 Å². The first kappa shape index (κ1) is 10.5. The predicted octanol–water partition coefficient (Wildman–Crippen LogP) is 1.01. The summed E-state index contributed by atoms with van der Waals surface area (Å²) in [5, 5.41) is 11.0. The summed E-state index contributed by atoms with van der Waals surface area (Å²) in [7, 11) is 0. The van der Waals surface area contributed by atoms with Crippen molar-refractivity contribution in [2.45, 2.75) is 32.6 Å². The molecule has 2 bridgehead atoms. The summed E-state index contributed by atoms with van der Waals surface area (Å²) < 4.78 is 0. The Balaban J connectivity index is 1.97. The van der Waals surface area contributed by atoms with Gasteiger partial charge < -0.3 is 10.4 Å². The van der Waals surface area contributed by atoms with Crippen molar-refractivity contribution in [2.75, 3.05) is 6.54 Å². The van der Waals surface area contributed by atoms with Crippen molar-refractivity contribution in [1.29, 1.82) is 0 Å². The van der Waals surface area contributed by atoms with Gasteiger partial charge in [-0.05, 0) is 31.1 Å². The molecule has 2 aliphatic carbocycles. The van der Waals surface area contributed by atoms with Crippen LogP contribution >= 0.6 is 0 Å². The van der Waals surface area contributed by atoms with Gasteiger partial charge in [0.2, 0.25) is 5.91 Å². The molecule has 0 saturated heterocycles. The van der Waals surface area contributed by atoms with Gasteiger partial charge in [-0.15, -0.1) is 0 Å². The molecule has 1 amide bonds. The third kappa shape index (κ3) is 1.73. The first-order chi connectivity index (χ1) is 7.02. The summed E-state index contributed by atoms with van der Waals surface area (Å²) in [6, 6.07) is 0. The summed E-state index contributed by atoms with van der Waals surface area (Å²) in [4.78, 5) is 22.3. The molecule has 0 spiro atoms. The molecule has 3 atom stereocenters. The number of amides is 1. The van der Waals surface area contributed by atoms with Crippen LogP contribution in [0.2, 0.25) is 0 Å². The van der Waals surface area contributed by atoms with E-state index < -0.39 is 5.97 Å². The van der Waals surface area contributed by atoms with Gasteiger partial charge in [0.25, 0.3) is 0 Å². The number of carbonyl (C=O) groups excluding carboxylic acids is 1. The minimum atomic E-state index is -0.977. The van der Waals surface area contributed by atoms with Crippen LogP contribution in [0.15, 0.2) is 0 Å². The molecular weight excluding hydrogens is 194 g/mol. The second-order valence-corrected chi connectivity index (χ2v) is 5.07. The van der Waals surface area contributed by atoms with Crippen LogP contribution in [0.5, 0.6) is 0 Å². The molecule has 0 aromatic heterocycles. The van der Waals surface area contributed by atoms with Crippen molar-refractivity contribution in [3.8, 4) is 0 Å². The molecule has 2 fully saturated rings. The molecule has 3 unspecified atom stereocenters. The third-order valence-corrected chi connectivity index (χ3v) is 4.07. The smallest absolute Gasteiger partial charge is 0.322 e. The van der Waals surface area contributed by atoms with Crippen LogP contribution in [-0.2, 0) is 9.59 Å². The highest BCUT2D eigenvalue weighted by atomic mass is 16.4. The zero-order valence-electron chi connectivity index (χ0n) is 8.95. The van der Waals surface area contributed by atoms with Crippen molar-refractivity contribution in [3.05, 3.63) is 0 Å². The molecule has 2 N–H and O–H groups in total. The molecule has 2 aliphatic rings. The number of rotatable bonds is 3. The predicted molar refractivity (Wildman–Crippen MR) is 54.2 cm³/mol. The lowest BCUT2D eigenvalue weighted by Gasteiger charge is -2.32. The number of hydrogen-bond donors (Lipinski definition) is 2. The molecular formula is C11H17NO3. The van der Waals surface area contributed by atoms with Gasteiger partial charge in [-0.3, -0.25) is 9.59 Å². The first-order valence-electron chi connectivity index (χ1n) is 5.52. The largest absolute Gasteiger partial charge is 0.480 e. The van der Waals surface area contributed by atoms with Gasteiger partial charge in [-0.2, -0.15) is 0 Å². The number of carboxylic acids is 1. The highest BCUT2D eigenvalue weighted by molar-refractivity contribution is 5.86. The summed E-state index contributed by atoms with van der Waals surface area (Å²) >= 11 is 0. The monoisotopic (exact) mass is 211 g/mol. The Morgan fingerprint density at radius 3 is 2.67 bits per heavy atom. The topological polar surface area (TPSA) is 66.4 Å². The highest BCUT2D eigenvalue weighted by Gasteiger charge is 2.52. The normalized spacial score (nSPS) is 37.9. The van der Waals surface area contributed by atoms with Gasteiger partial charge in [0.15, 0.2) is 0 Å². The fraction of sp³-hybridized carbons (Fsp3) is 0.818. The Kier molecular flexibility index (Phi) is 2.44. The van der Waals surface area contributed by atoms with Crippen molar-refractivity contribution >= 4 is 11.9 Å². The Morgan fingerprint density at radius 2 is 2.20 bits per heavy atom. The number of hydrogen-bond acceptors (Lipinski definition) is 2. The van der Waals surface area contributed by atoms with Crippen LogP contribution in [0.1, 0.15) is 32.6 Å². The number of aliphatic carboxylic acids is 1. The van der Waals surface area contributed by atoms with Crippen molar-refractivity contribution in [3.63, 3.8) is 0 Å². The molecule has 0 aliphatic heterocycles. The number of carboxylic acid groups (broad SMARTS) is 1. The van der Waals surface area contributed by atoms with Crippen molar-refractivity contribution in [2.24, 2.45) is 17.3 Å². The van der Waals surface area contributed by atoms with Gasteiger partial charge in [-0.25, -0.2) is 0 Å². The minimum Gasteiger partial charge on any atom is -0.480 e. The van der Waals surface area contributed by atoms with Crippen LogP contribution in [0.3, 0.4) is 0 Å². The van der Waals surface area contributed by atoms with Gasteiger partial charge in [0.1, 0.15) is 6.54 Å². The van der Waals surface area contributed by atoms with Gasteiger partial charge in [0.05, 0.1) is 0 Å². The SMILES string of the molecule is CC1(C(=O)NCC(=O)O)CC2CCC1C2.